The third kappa shape index (κ3) is 9.58. The van der Waals surface area contributed by atoms with Gasteiger partial charge in [-0.3, -0.25) is 4.79 Å². The summed E-state index contributed by atoms with van der Waals surface area (Å²) in [6, 6.07) is 14.0. The summed E-state index contributed by atoms with van der Waals surface area (Å²) in [6.45, 7) is -0.231. The monoisotopic (exact) mass is 478 g/mol. The number of esters is 1. The number of hydrogen-bond acceptors (Lipinski definition) is 4. The lowest BCUT2D eigenvalue weighted by Crippen LogP contribution is -2.27. The van der Waals surface area contributed by atoms with Gasteiger partial charge >= 0.3 is 5.97 Å². The number of carbonyl (C=O) groups is 1. The Morgan fingerprint density at radius 3 is 2.14 bits per heavy atom. The van der Waals surface area contributed by atoms with Crippen LogP contribution in [0.2, 0.25) is 0 Å². The van der Waals surface area contributed by atoms with E-state index in [0.29, 0.717) is 25.0 Å². The number of halogens is 4. The van der Waals surface area contributed by atoms with Gasteiger partial charge in [-0.25, -0.2) is 4.39 Å². The molecule has 158 valence electrons. The van der Waals surface area contributed by atoms with Gasteiger partial charge in [0.1, 0.15) is 17.7 Å². The van der Waals surface area contributed by atoms with E-state index in [1.807, 2.05) is 24.3 Å². The van der Waals surface area contributed by atoms with Gasteiger partial charge in [0.25, 0.3) is 0 Å². The molecule has 0 aromatic heterocycles. The molecule has 2 rings (SSSR count). The highest BCUT2D eigenvalue weighted by Gasteiger charge is 2.26. The minimum atomic E-state index is -1.66. The van der Waals surface area contributed by atoms with Gasteiger partial charge in [0.2, 0.25) is 3.79 Å². The Labute approximate surface area is 189 Å². The van der Waals surface area contributed by atoms with Crippen LogP contribution < -0.4 is 0 Å². The first-order valence-corrected chi connectivity index (χ1v) is 11.2. The molecule has 0 aliphatic rings. The third-order valence-corrected chi connectivity index (χ3v) is 5.64. The van der Waals surface area contributed by atoms with Crippen molar-refractivity contribution < 1.29 is 19.0 Å². The Kier molecular flexibility index (Phi) is 10.1. The first-order chi connectivity index (χ1) is 13.8. The van der Waals surface area contributed by atoms with Crippen LogP contribution in [0.1, 0.15) is 16.7 Å². The molecule has 0 radical (unpaired) electrons. The molecule has 0 fully saturated rings. The van der Waals surface area contributed by atoms with E-state index in [-0.39, 0.29) is 19.0 Å². The fourth-order valence-electron chi connectivity index (χ4n) is 2.61. The Balaban J connectivity index is 1.99. The Morgan fingerprint density at radius 1 is 1.00 bits per heavy atom. The molecule has 0 spiro atoms. The van der Waals surface area contributed by atoms with Gasteiger partial charge in [0, 0.05) is 6.61 Å². The summed E-state index contributed by atoms with van der Waals surface area (Å²) < 4.78 is 16.6. The number of alkyl halides is 3. The fourth-order valence-corrected chi connectivity index (χ4v) is 3.93. The van der Waals surface area contributed by atoms with E-state index in [2.05, 4.69) is 0 Å². The number of ether oxygens (including phenoxy) is 1. The van der Waals surface area contributed by atoms with Crippen molar-refractivity contribution in [1.29, 1.82) is 0 Å². The second kappa shape index (κ2) is 12.0. The van der Waals surface area contributed by atoms with E-state index >= 15 is 0 Å². The minimum absolute atomic E-state index is 0.0879. The van der Waals surface area contributed by atoms with Crippen molar-refractivity contribution in [2.75, 3.05) is 19.0 Å². The predicted octanol–water partition coefficient (Wildman–Crippen LogP) is 5.16. The lowest BCUT2D eigenvalue weighted by Gasteiger charge is -2.18. The number of aliphatic hydroxyl groups excluding tert-OH is 1. The van der Waals surface area contributed by atoms with Crippen molar-refractivity contribution in [2.24, 2.45) is 0 Å². The number of carbonyl (C=O) groups excluding carboxylic acids is 1. The summed E-state index contributed by atoms with van der Waals surface area (Å²) in [5.41, 5.74) is 2.98. The normalized spacial score (nSPS) is 12.6. The molecule has 0 bridgehead atoms. The number of aliphatic hydroxyl groups is 1. The van der Waals surface area contributed by atoms with Gasteiger partial charge in [-0.15, -0.1) is 11.8 Å². The highest BCUT2D eigenvalue weighted by molar-refractivity contribution is 8.00. The van der Waals surface area contributed by atoms with E-state index < -0.39 is 15.0 Å². The van der Waals surface area contributed by atoms with E-state index in [1.165, 1.54) is 23.9 Å². The van der Waals surface area contributed by atoms with Gasteiger partial charge in [-0.2, -0.15) is 0 Å². The Hall–Kier alpha value is -0.980. The largest absolute Gasteiger partial charge is 0.460 e. The second-order valence-electron chi connectivity index (χ2n) is 6.45. The molecular formula is C21H22Cl3FO3S. The maximum absolute atomic E-state index is 13.0. The van der Waals surface area contributed by atoms with Crippen molar-refractivity contribution in [3.05, 3.63) is 71.0 Å². The standard InChI is InChI=1S/C21H22Cl3FO3S/c22-21(23,24)14-28-20(27)19(13-17-3-1-15(2-4-17)9-11-26)29-12-10-16-5-7-18(25)8-6-16/h1-8,19,26H,9-14H2. The van der Waals surface area contributed by atoms with Gasteiger partial charge < -0.3 is 9.84 Å². The van der Waals surface area contributed by atoms with Gasteiger partial charge in [0.05, 0.1) is 0 Å². The second-order valence-corrected chi connectivity index (χ2v) is 10.3. The Morgan fingerprint density at radius 2 is 1.55 bits per heavy atom. The van der Waals surface area contributed by atoms with E-state index in [4.69, 9.17) is 44.6 Å². The minimum Gasteiger partial charge on any atom is -0.460 e. The number of benzene rings is 2. The summed E-state index contributed by atoms with van der Waals surface area (Å²) in [5.74, 6) is -0.0686. The number of rotatable bonds is 10. The maximum Gasteiger partial charge on any atom is 0.319 e. The van der Waals surface area contributed by atoms with Crippen LogP contribution in [-0.2, 0) is 28.8 Å². The van der Waals surface area contributed by atoms with Gasteiger partial charge in [-0.1, -0.05) is 71.2 Å². The first kappa shape index (κ1) is 24.3. The van der Waals surface area contributed by atoms with Crippen LogP contribution in [0.5, 0.6) is 0 Å². The van der Waals surface area contributed by atoms with Crippen LogP contribution in [-0.4, -0.2) is 39.1 Å². The zero-order valence-electron chi connectivity index (χ0n) is 15.6. The summed E-state index contributed by atoms with van der Waals surface area (Å²) in [4.78, 5) is 12.5. The number of aryl methyl sites for hydroxylation is 1. The molecule has 0 aliphatic carbocycles. The zero-order valence-corrected chi connectivity index (χ0v) is 18.7. The molecule has 0 saturated heterocycles. The topological polar surface area (TPSA) is 46.5 Å². The molecule has 1 unspecified atom stereocenters. The lowest BCUT2D eigenvalue weighted by atomic mass is 10.1. The molecule has 29 heavy (non-hydrogen) atoms. The van der Waals surface area contributed by atoms with Crippen LogP contribution in [0.4, 0.5) is 4.39 Å². The molecule has 0 saturated carbocycles. The molecular weight excluding hydrogens is 458 g/mol. The predicted molar refractivity (Wildman–Crippen MR) is 119 cm³/mol. The lowest BCUT2D eigenvalue weighted by molar-refractivity contribution is -0.142. The number of hydrogen-bond donors (Lipinski definition) is 1. The smallest absolute Gasteiger partial charge is 0.319 e. The van der Waals surface area contributed by atoms with E-state index in [1.54, 1.807) is 12.1 Å². The summed E-state index contributed by atoms with van der Waals surface area (Å²) in [6.07, 6.45) is 1.74. The molecule has 2 aromatic carbocycles. The van der Waals surface area contributed by atoms with Gasteiger partial charge in [-0.05, 0) is 53.8 Å². The first-order valence-electron chi connectivity index (χ1n) is 9.05. The SMILES string of the molecule is O=C(OCC(Cl)(Cl)Cl)C(Cc1ccc(CCO)cc1)SCCc1ccc(F)cc1. The average Bonchev–Trinajstić information content (AvgIpc) is 2.68. The van der Waals surface area contributed by atoms with Crippen LogP contribution >= 0.6 is 46.6 Å². The van der Waals surface area contributed by atoms with Gasteiger partial charge in [0.15, 0.2) is 0 Å². The van der Waals surface area contributed by atoms with E-state index in [9.17, 15) is 9.18 Å². The van der Waals surface area contributed by atoms with Crippen molar-refractivity contribution in [1.82, 2.24) is 0 Å². The fraction of sp³-hybridized carbons (Fsp3) is 0.381. The van der Waals surface area contributed by atoms with Crippen molar-refractivity contribution in [2.45, 2.75) is 28.3 Å². The quantitative estimate of drug-likeness (QED) is 0.378. The molecule has 0 heterocycles. The molecule has 1 atom stereocenters. The Bertz CT molecular complexity index is 764. The summed E-state index contributed by atoms with van der Waals surface area (Å²) in [5, 5.41) is 8.55. The van der Waals surface area contributed by atoms with Crippen LogP contribution in [0.3, 0.4) is 0 Å². The molecule has 0 amide bonds. The summed E-state index contributed by atoms with van der Waals surface area (Å²) in [7, 11) is 0. The van der Waals surface area contributed by atoms with Crippen molar-refractivity contribution >= 4 is 52.5 Å². The zero-order chi connectivity index (χ0) is 21.3. The molecule has 0 aliphatic heterocycles. The van der Waals surface area contributed by atoms with Crippen LogP contribution in [0, 0.1) is 5.82 Å². The molecule has 3 nitrogen and oxygen atoms in total. The van der Waals surface area contributed by atoms with E-state index in [0.717, 1.165) is 16.7 Å². The molecule has 8 heteroatoms. The molecule has 1 N–H and O–H groups in total. The van der Waals surface area contributed by atoms with Crippen molar-refractivity contribution in [3.63, 3.8) is 0 Å². The highest BCUT2D eigenvalue weighted by Crippen LogP contribution is 2.27. The van der Waals surface area contributed by atoms with Crippen molar-refractivity contribution in [3.8, 4) is 0 Å². The highest BCUT2D eigenvalue weighted by atomic mass is 35.6. The third-order valence-electron chi connectivity index (χ3n) is 4.11. The van der Waals surface area contributed by atoms with Crippen LogP contribution in [0.15, 0.2) is 48.5 Å². The average molecular weight is 480 g/mol. The molecule has 2 aromatic rings. The maximum atomic E-state index is 13.0. The number of thioether (sulfide) groups is 1. The van der Waals surface area contributed by atoms with Crippen LogP contribution in [0.25, 0.3) is 0 Å². The summed E-state index contributed by atoms with van der Waals surface area (Å²) >= 11 is 18.5.